The molecule has 0 radical (unpaired) electrons. The fraction of sp³-hybridized carbons (Fsp3) is 0.917. The molecule has 0 aromatic rings. The molecular weight excluding hydrogens is 218 g/mol. The Morgan fingerprint density at radius 2 is 2.29 bits per heavy atom. The molecule has 3 N–H and O–H groups in total. The van der Waals surface area contributed by atoms with E-state index in [9.17, 15) is 4.79 Å². The van der Waals surface area contributed by atoms with E-state index >= 15 is 0 Å². The Hall–Kier alpha value is -0.650. The zero-order valence-corrected chi connectivity index (χ0v) is 10.9. The zero-order valence-electron chi connectivity index (χ0n) is 10.9. The van der Waals surface area contributed by atoms with Gasteiger partial charge in [0.1, 0.15) is 6.04 Å². The van der Waals surface area contributed by atoms with E-state index in [0.717, 1.165) is 31.8 Å². The van der Waals surface area contributed by atoms with Crippen molar-refractivity contribution < 1.29 is 9.53 Å². The molecule has 0 aliphatic carbocycles. The fourth-order valence-corrected chi connectivity index (χ4v) is 2.51. The van der Waals surface area contributed by atoms with E-state index in [1.54, 1.807) is 7.11 Å². The minimum atomic E-state index is -0.249. The Kier molecular flexibility index (Phi) is 6.47. The van der Waals surface area contributed by atoms with Gasteiger partial charge >= 0.3 is 0 Å². The van der Waals surface area contributed by atoms with Crippen molar-refractivity contribution in [1.29, 1.82) is 0 Å². The normalized spacial score (nSPS) is 24.1. The highest BCUT2D eigenvalue weighted by molar-refractivity contribution is 5.81. The van der Waals surface area contributed by atoms with Crippen LogP contribution < -0.4 is 11.3 Å². The highest BCUT2D eigenvalue weighted by Crippen LogP contribution is 2.21. The summed E-state index contributed by atoms with van der Waals surface area (Å²) in [5.74, 6) is 5.87. The second kappa shape index (κ2) is 7.63. The number of nitrogens with zero attached hydrogens (tertiary/aromatic N) is 1. The predicted octanol–water partition coefficient (Wildman–Crippen LogP) is 0.503. The Bertz CT molecular complexity index is 236. The summed E-state index contributed by atoms with van der Waals surface area (Å²) in [6, 6.07) is -0.249. The summed E-state index contributed by atoms with van der Waals surface area (Å²) in [6.45, 7) is 4.55. The molecule has 1 saturated heterocycles. The molecule has 5 nitrogen and oxygen atoms in total. The maximum atomic E-state index is 11.7. The Morgan fingerprint density at radius 1 is 1.53 bits per heavy atom. The smallest absolute Gasteiger partial charge is 0.253 e. The van der Waals surface area contributed by atoms with E-state index in [4.69, 9.17) is 10.6 Å². The van der Waals surface area contributed by atoms with Crippen molar-refractivity contribution in [3.63, 3.8) is 0 Å². The molecule has 1 fully saturated rings. The van der Waals surface area contributed by atoms with Gasteiger partial charge in [0.2, 0.25) is 0 Å². The Labute approximate surface area is 104 Å². The average molecular weight is 243 g/mol. The number of carbonyl (C=O) groups is 1. The number of methoxy groups -OCH3 is 1. The first-order valence-corrected chi connectivity index (χ1v) is 6.46. The standard InChI is InChI=1S/C12H25N3O2/c1-3-10-5-4-7-15(8-6-10)11(9-17-2)12(16)14-13/h10-11H,3-9,13H2,1-2H3,(H,14,16). The van der Waals surface area contributed by atoms with Gasteiger partial charge in [0.25, 0.3) is 5.91 Å². The van der Waals surface area contributed by atoms with Crippen LogP contribution in [0.4, 0.5) is 0 Å². The van der Waals surface area contributed by atoms with Crippen molar-refractivity contribution in [3.05, 3.63) is 0 Å². The molecule has 5 heteroatoms. The molecule has 1 aliphatic rings. The van der Waals surface area contributed by atoms with E-state index in [-0.39, 0.29) is 11.9 Å². The lowest BCUT2D eigenvalue weighted by molar-refractivity contribution is -0.128. The summed E-state index contributed by atoms with van der Waals surface area (Å²) in [6.07, 6.45) is 4.80. The maximum absolute atomic E-state index is 11.7. The summed E-state index contributed by atoms with van der Waals surface area (Å²) in [5.41, 5.74) is 2.23. The number of rotatable bonds is 5. The van der Waals surface area contributed by atoms with Crippen LogP contribution in [0.1, 0.15) is 32.6 Å². The molecule has 1 rings (SSSR count). The van der Waals surface area contributed by atoms with Crippen LogP contribution in [0.2, 0.25) is 0 Å². The molecule has 1 amide bonds. The first-order chi connectivity index (χ1) is 8.22. The second-order valence-electron chi connectivity index (χ2n) is 4.72. The van der Waals surface area contributed by atoms with Gasteiger partial charge in [-0.2, -0.15) is 0 Å². The van der Waals surface area contributed by atoms with Gasteiger partial charge in [-0.25, -0.2) is 5.84 Å². The Morgan fingerprint density at radius 3 is 2.88 bits per heavy atom. The van der Waals surface area contributed by atoms with Crippen molar-refractivity contribution in [2.75, 3.05) is 26.8 Å². The van der Waals surface area contributed by atoms with Crippen LogP contribution in [0.3, 0.4) is 0 Å². The van der Waals surface area contributed by atoms with Gasteiger partial charge in [0, 0.05) is 7.11 Å². The molecule has 2 atom stereocenters. The highest BCUT2D eigenvalue weighted by Gasteiger charge is 2.27. The van der Waals surface area contributed by atoms with E-state index in [2.05, 4.69) is 17.2 Å². The number of nitrogens with two attached hydrogens (primary N) is 1. The van der Waals surface area contributed by atoms with Gasteiger partial charge in [-0.1, -0.05) is 13.3 Å². The Balaban J connectivity index is 2.57. The molecule has 1 heterocycles. The summed E-state index contributed by atoms with van der Waals surface area (Å²) in [5, 5.41) is 0. The number of carbonyl (C=O) groups excluding carboxylic acids is 1. The highest BCUT2D eigenvalue weighted by atomic mass is 16.5. The minimum absolute atomic E-state index is 0.151. The van der Waals surface area contributed by atoms with Crippen LogP contribution in [0, 0.1) is 5.92 Å². The van der Waals surface area contributed by atoms with Gasteiger partial charge in [0.15, 0.2) is 0 Å². The number of nitrogens with one attached hydrogen (secondary N) is 1. The summed E-state index contributed by atoms with van der Waals surface area (Å²) < 4.78 is 5.12. The van der Waals surface area contributed by atoms with Crippen molar-refractivity contribution >= 4 is 5.91 Å². The summed E-state index contributed by atoms with van der Waals surface area (Å²) in [7, 11) is 1.61. The molecule has 0 aromatic heterocycles. The molecule has 100 valence electrons. The van der Waals surface area contributed by atoms with E-state index < -0.39 is 0 Å². The van der Waals surface area contributed by atoms with Crippen LogP contribution >= 0.6 is 0 Å². The first kappa shape index (κ1) is 14.4. The van der Waals surface area contributed by atoms with Gasteiger partial charge in [-0.15, -0.1) is 0 Å². The molecule has 0 bridgehead atoms. The van der Waals surface area contributed by atoms with E-state index in [1.165, 1.54) is 12.8 Å². The fourth-order valence-electron chi connectivity index (χ4n) is 2.51. The molecule has 0 saturated carbocycles. The lowest BCUT2D eigenvalue weighted by Gasteiger charge is -2.28. The summed E-state index contributed by atoms with van der Waals surface area (Å²) >= 11 is 0. The maximum Gasteiger partial charge on any atom is 0.253 e. The lowest BCUT2D eigenvalue weighted by atomic mass is 9.98. The minimum Gasteiger partial charge on any atom is -0.383 e. The quantitative estimate of drug-likeness (QED) is 0.419. The number of amides is 1. The molecule has 2 unspecified atom stereocenters. The molecular formula is C12H25N3O2. The monoisotopic (exact) mass is 243 g/mol. The average Bonchev–Trinajstić information content (AvgIpc) is 2.60. The van der Waals surface area contributed by atoms with Crippen LogP contribution in [0.5, 0.6) is 0 Å². The summed E-state index contributed by atoms with van der Waals surface area (Å²) in [4.78, 5) is 13.9. The predicted molar refractivity (Wildman–Crippen MR) is 67.2 cm³/mol. The molecule has 0 aromatic carbocycles. The number of hydrogen-bond donors (Lipinski definition) is 2. The van der Waals surface area contributed by atoms with Crippen LogP contribution in [-0.4, -0.2) is 43.7 Å². The van der Waals surface area contributed by atoms with Crippen LogP contribution in [0.15, 0.2) is 0 Å². The van der Waals surface area contributed by atoms with Crippen LogP contribution in [-0.2, 0) is 9.53 Å². The van der Waals surface area contributed by atoms with Crippen molar-refractivity contribution in [3.8, 4) is 0 Å². The van der Waals surface area contributed by atoms with Gasteiger partial charge in [0.05, 0.1) is 6.61 Å². The third-order valence-electron chi connectivity index (χ3n) is 3.67. The number of likely N-dealkylation sites (tertiary alicyclic amines) is 1. The second-order valence-corrected chi connectivity index (χ2v) is 4.72. The largest absolute Gasteiger partial charge is 0.383 e. The van der Waals surface area contributed by atoms with Gasteiger partial charge in [-0.3, -0.25) is 15.1 Å². The lowest BCUT2D eigenvalue weighted by Crippen LogP contribution is -2.51. The number of ether oxygens (including phenoxy) is 1. The number of hydrogen-bond acceptors (Lipinski definition) is 4. The van der Waals surface area contributed by atoms with Crippen molar-refractivity contribution in [1.82, 2.24) is 10.3 Å². The van der Waals surface area contributed by atoms with E-state index in [1.807, 2.05) is 0 Å². The number of hydrazine groups is 1. The SMILES string of the molecule is CCC1CCCN(C(COC)C(=O)NN)CC1. The first-order valence-electron chi connectivity index (χ1n) is 6.46. The third kappa shape index (κ3) is 4.26. The molecule has 1 aliphatic heterocycles. The molecule has 17 heavy (non-hydrogen) atoms. The molecule has 0 spiro atoms. The van der Waals surface area contributed by atoms with Crippen LogP contribution in [0.25, 0.3) is 0 Å². The zero-order chi connectivity index (χ0) is 12.7. The van der Waals surface area contributed by atoms with Crippen molar-refractivity contribution in [2.24, 2.45) is 11.8 Å². The van der Waals surface area contributed by atoms with Crippen molar-refractivity contribution in [2.45, 2.75) is 38.6 Å². The topological polar surface area (TPSA) is 67.6 Å². The van der Waals surface area contributed by atoms with Gasteiger partial charge in [-0.05, 0) is 38.3 Å². The third-order valence-corrected chi connectivity index (χ3v) is 3.67. The van der Waals surface area contributed by atoms with Gasteiger partial charge < -0.3 is 4.74 Å². The van der Waals surface area contributed by atoms with E-state index in [0.29, 0.717) is 6.61 Å².